The van der Waals surface area contributed by atoms with Crippen molar-refractivity contribution >= 4 is 22.0 Å². The van der Waals surface area contributed by atoms with Crippen molar-refractivity contribution in [3.8, 4) is 5.75 Å². The first-order chi connectivity index (χ1) is 9.49. The Balaban J connectivity index is 2.51. The second kappa shape index (κ2) is 4.97. The molecule has 0 aliphatic carbocycles. The average molecular weight is 371 g/mol. The maximum Gasteiger partial charge on any atom is 0.458 e. The van der Waals surface area contributed by atoms with Gasteiger partial charge in [-0.25, -0.2) is 0 Å². The highest BCUT2D eigenvalue weighted by Crippen LogP contribution is 2.46. The molecule has 0 saturated carbocycles. The van der Waals surface area contributed by atoms with E-state index in [1.54, 1.807) is 19.9 Å². The van der Waals surface area contributed by atoms with Gasteiger partial charge in [-0.1, -0.05) is 15.9 Å². The first-order valence-corrected chi connectivity index (χ1v) is 7.16. The highest BCUT2D eigenvalue weighted by Gasteiger charge is 2.58. The maximum absolute atomic E-state index is 13.4. The van der Waals surface area contributed by atoms with E-state index in [1.807, 2.05) is 0 Å². The van der Waals surface area contributed by atoms with Crippen LogP contribution in [0.2, 0.25) is 0 Å². The predicted octanol–water partition coefficient (Wildman–Crippen LogP) is 5.29. The Morgan fingerprint density at radius 2 is 1.76 bits per heavy atom. The molecule has 1 aliphatic heterocycles. The van der Waals surface area contributed by atoms with E-state index in [1.165, 1.54) is 0 Å². The standard InChI is InChI=1S/C14H12BrF5O/c1-12(2)10(7-15)6-8-5-9(3-4-11(8)21-12)13(16,17)14(18,19)20/h3-6H,7H2,1-2H3. The highest BCUT2D eigenvalue weighted by atomic mass is 79.9. The van der Waals surface area contributed by atoms with Crippen LogP contribution in [0.5, 0.6) is 5.75 Å². The minimum atomic E-state index is -5.63. The monoisotopic (exact) mass is 370 g/mol. The lowest BCUT2D eigenvalue weighted by atomic mass is 9.92. The SMILES string of the molecule is CC1(C)Oc2ccc(C(F)(F)C(F)(F)F)cc2C=C1CBr. The topological polar surface area (TPSA) is 9.23 Å². The minimum Gasteiger partial charge on any atom is -0.483 e. The van der Waals surface area contributed by atoms with Crippen molar-refractivity contribution in [2.24, 2.45) is 0 Å². The van der Waals surface area contributed by atoms with Crippen LogP contribution in [-0.2, 0) is 5.92 Å². The number of fused-ring (bicyclic) bond motifs is 1. The van der Waals surface area contributed by atoms with Crippen LogP contribution < -0.4 is 4.74 Å². The number of benzene rings is 1. The zero-order valence-corrected chi connectivity index (χ0v) is 12.8. The second-order valence-corrected chi connectivity index (χ2v) is 5.80. The van der Waals surface area contributed by atoms with E-state index in [0.29, 0.717) is 5.33 Å². The smallest absolute Gasteiger partial charge is 0.458 e. The fourth-order valence-electron chi connectivity index (χ4n) is 2.01. The van der Waals surface area contributed by atoms with Crippen molar-refractivity contribution in [3.05, 3.63) is 34.9 Å². The number of halogens is 6. The molecule has 1 heterocycles. The summed E-state index contributed by atoms with van der Waals surface area (Å²) in [6.07, 6.45) is -4.05. The summed E-state index contributed by atoms with van der Waals surface area (Å²) in [5.41, 5.74) is -0.778. The van der Waals surface area contributed by atoms with Crippen LogP contribution in [0.4, 0.5) is 22.0 Å². The number of alkyl halides is 6. The molecular formula is C14H12BrF5O. The number of hydrogen-bond donors (Lipinski definition) is 0. The van der Waals surface area contributed by atoms with E-state index in [-0.39, 0.29) is 11.3 Å². The van der Waals surface area contributed by atoms with Gasteiger partial charge in [0.1, 0.15) is 11.4 Å². The van der Waals surface area contributed by atoms with Crippen molar-refractivity contribution in [2.75, 3.05) is 5.33 Å². The molecule has 1 aromatic rings. The lowest BCUT2D eigenvalue weighted by Gasteiger charge is -2.33. The van der Waals surface area contributed by atoms with Crippen molar-refractivity contribution in [3.63, 3.8) is 0 Å². The summed E-state index contributed by atoms with van der Waals surface area (Å²) in [4.78, 5) is 0. The third-order valence-electron chi connectivity index (χ3n) is 3.34. The van der Waals surface area contributed by atoms with Crippen molar-refractivity contribution in [2.45, 2.75) is 31.5 Å². The third-order valence-corrected chi connectivity index (χ3v) is 3.94. The van der Waals surface area contributed by atoms with Gasteiger partial charge in [0.2, 0.25) is 0 Å². The first-order valence-electron chi connectivity index (χ1n) is 6.04. The molecular weight excluding hydrogens is 359 g/mol. The Morgan fingerprint density at radius 3 is 2.29 bits per heavy atom. The highest BCUT2D eigenvalue weighted by molar-refractivity contribution is 9.09. The van der Waals surface area contributed by atoms with Gasteiger partial charge >= 0.3 is 12.1 Å². The predicted molar refractivity (Wildman–Crippen MR) is 72.9 cm³/mol. The summed E-state index contributed by atoms with van der Waals surface area (Å²) >= 11 is 3.25. The summed E-state index contributed by atoms with van der Waals surface area (Å²) in [7, 11) is 0. The summed E-state index contributed by atoms with van der Waals surface area (Å²) in [5.74, 6) is -4.61. The van der Waals surface area contributed by atoms with E-state index in [9.17, 15) is 22.0 Å². The molecule has 1 aliphatic rings. The van der Waals surface area contributed by atoms with E-state index < -0.39 is 23.3 Å². The average Bonchev–Trinajstić information content (AvgIpc) is 2.34. The zero-order valence-electron chi connectivity index (χ0n) is 11.2. The third kappa shape index (κ3) is 2.80. The minimum absolute atomic E-state index is 0.213. The molecule has 0 saturated heterocycles. The quantitative estimate of drug-likeness (QED) is 0.507. The molecule has 1 nitrogen and oxygen atoms in total. The van der Waals surface area contributed by atoms with Gasteiger partial charge in [-0.2, -0.15) is 22.0 Å². The Morgan fingerprint density at radius 1 is 1.14 bits per heavy atom. The maximum atomic E-state index is 13.4. The fraction of sp³-hybridized carbons (Fsp3) is 0.429. The Labute approximate surface area is 126 Å². The molecule has 0 fully saturated rings. The van der Waals surface area contributed by atoms with Gasteiger partial charge in [-0.15, -0.1) is 0 Å². The zero-order chi connectivity index (χ0) is 16.1. The van der Waals surface area contributed by atoms with Gasteiger partial charge in [0.25, 0.3) is 0 Å². The second-order valence-electron chi connectivity index (χ2n) is 5.24. The molecule has 21 heavy (non-hydrogen) atoms. The molecule has 0 radical (unpaired) electrons. The van der Waals surface area contributed by atoms with E-state index in [4.69, 9.17) is 4.74 Å². The molecule has 0 bridgehead atoms. The molecule has 2 rings (SSSR count). The lowest BCUT2D eigenvalue weighted by Crippen LogP contribution is -2.35. The van der Waals surface area contributed by atoms with Crippen LogP contribution in [-0.4, -0.2) is 17.1 Å². The molecule has 0 atom stereocenters. The normalized spacial score (nSPS) is 17.8. The number of ether oxygens (including phenoxy) is 1. The fourth-order valence-corrected chi connectivity index (χ4v) is 2.85. The molecule has 1 aromatic carbocycles. The van der Waals surface area contributed by atoms with E-state index in [2.05, 4.69) is 15.9 Å². The van der Waals surface area contributed by atoms with Crippen molar-refractivity contribution in [1.29, 1.82) is 0 Å². The molecule has 0 aromatic heterocycles. The van der Waals surface area contributed by atoms with Gasteiger partial charge in [0, 0.05) is 16.5 Å². The first kappa shape index (κ1) is 16.3. The molecule has 0 spiro atoms. The molecule has 7 heteroatoms. The van der Waals surface area contributed by atoms with Crippen molar-refractivity contribution in [1.82, 2.24) is 0 Å². The Hall–Kier alpha value is -1.11. The Bertz CT molecular complexity index is 590. The largest absolute Gasteiger partial charge is 0.483 e. The van der Waals surface area contributed by atoms with Gasteiger partial charge < -0.3 is 4.74 Å². The van der Waals surface area contributed by atoms with Crippen LogP contribution in [0.3, 0.4) is 0 Å². The van der Waals surface area contributed by atoms with Crippen LogP contribution in [0.1, 0.15) is 25.0 Å². The number of hydrogen-bond acceptors (Lipinski definition) is 1. The van der Waals surface area contributed by atoms with Crippen LogP contribution in [0.25, 0.3) is 6.08 Å². The van der Waals surface area contributed by atoms with Crippen LogP contribution in [0.15, 0.2) is 23.8 Å². The van der Waals surface area contributed by atoms with E-state index >= 15 is 0 Å². The van der Waals surface area contributed by atoms with Gasteiger partial charge in [0.05, 0.1) is 0 Å². The summed E-state index contributed by atoms with van der Waals surface area (Å²) in [5, 5.41) is 0.430. The summed E-state index contributed by atoms with van der Waals surface area (Å²) in [6.45, 7) is 3.59. The molecule has 0 unspecified atom stereocenters. The van der Waals surface area contributed by atoms with E-state index in [0.717, 1.165) is 23.8 Å². The summed E-state index contributed by atoms with van der Waals surface area (Å²) in [6, 6.07) is 2.71. The molecule has 116 valence electrons. The van der Waals surface area contributed by atoms with Gasteiger partial charge in [-0.3, -0.25) is 0 Å². The van der Waals surface area contributed by atoms with Gasteiger partial charge in [-0.05, 0) is 43.7 Å². The number of rotatable bonds is 2. The lowest BCUT2D eigenvalue weighted by molar-refractivity contribution is -0.289. The van der Waals surface area contributed by atoms with Crippen LogP contribution >= 0.6 is 15.9 Å². The van der Waals surface area contributed by atoms with Crippen LogP contribution in [0, 0.1) is 0 Å². The molecule has 0 amide bonds. The molecule has 0 N–H and O–H groups in total. The Kier molecular flexibility index (Phi) is 3.85. The summed E-state index contributed by atoms with van der Waals surface area (Å²) < 4.78 is 69.6. The van der Waals surface area contributed by atoms with Gasteiger partial charge in [0.15, 0.2) is 0 Å². The van der Waals surface area contributed by atoms with Crippen molar-refractivity contribution < 1.29 is 26.7 Å².